The molecule has 1 amide bonds. The molecule has 116 valence electrons. The number of nitrogen functional groups attached to an aromatic ring is 1. The predicted octanol–water partition coefficient (Wildman–Crippen LogP) is 3.04. The van der Waals surface area contributed by atoms with Crippen LogP contribution in [0.1, 0.15) is 25.0 Å². The maximum atomic E-state index is 13.9. The third kappa shape index (κ3) is 4.07. The molecule has 0 aliphatic heterocycles. The number of amides is 1. The first-order valence-electron chi connectivity index (χ1n) is 7.24. The Morgan fingerprint density at radius 3 is 2.41 bits per heavy atom. The third-order valence-corrected chi connectivity index (χ3v) is 3.67. The van der Waals surface area contributed by atoms with Crippen molar-refractivity contribution in [3.05, 3.63) is 65.5 Å². The van der Waals surface area contributed by atoms with Crippen LogP contribution < -0.4 is 11.1 Å². The molecule has 0 aromatic heterocycles. The Morgan fingerprint density at radius 2 is 1.77 bits per heavy atom. The number of anilines is 1. The van der Waals surface area contributed by atoms with Crippen molar-refractivity contribution in [1.29, 1.82) is 0 Å². The van der Waals surface area contributed by atoms with E-state index in [1.165, 1.54) is 6.07 Å². The highest BCUT2D eigenvalue weighted by molar-refractivity contribution is 5.78. The fraction of sp³-hybridized carbons (Fsp3) is 0.278. The summed E-state index contributed by atoms with van der Waals surface area (Å²) in [6.45, 7) is 4.20. The number of carbonyl (C=O) groups excluding carboxylic acids is 1. The first kappa shape index (κ1) is 16.0. The van der Waals surface area contributed by atoms with Gasteiger partial charge in [0, 0.05) is 17.6 Å². The van der Waals surface area contributed by atoms with Crippen LogP contribution in [0, 0.1) is 5.82 Å². The van der Waals surface area contributed by atoms with Gasteiger partial charge >= 0.3 is 0 Å². The molecule has 0 bridgehead atoms. The molecule has 0 unspecified atom stereocenters. The number of carbonyl (C=O) groups is 1. The van der Waals surface area contributed by atoms with Gasteiger partial charge in [0.2, 0.25) is 5.91 Å². The van der Waals surface area contributed by atoms with E-state index in [0.717, 1.165) is 5.56 Å². The lowest BCUT2D eigenvalue weighted by Crippen LogP contribution is -2.37. The summed E-state index contributed by atoms with van der Waals surface area (Å²) in [6, 6.07) is 13.9. The summed E-state index contributed by atoms with van der Waals surface area (Å²) in [5, 5.41) is 2.87. The monoisotopic (exact) mass is 300 g/mol. The summed E-state index contributed by atoms with van der Waals surface area (Å²) in [7, 11) is 0. The van der Waals surface area contributed by atoms with Crippen LogP contribution in [0.4, 0.5) is 10.1 Å². The van der Waals surface area contributed by atoms with Gasteiger partial charge in [-0.2, -0.15) is 0 Å². The summed E-state index contributed by atoms with van der Waals surface area (Å²) < 4.78 is 13.9. The highest BCUT2D eigenvalue weighted by atomic mass is 19.1. The Bertz CT molecular complexity index is 650. The van der Waals surface area contributed by atoms with Crippen LogP contribution in [0.5, 0.6) is 0 Å². The molecule has 0 saturated heterocycles. The Balaban J connectivity index is 1.95. The van der Waals surface area contributed by atoms with E-state index in [1.54, 1.807) is 30.3 Å². The zero-order valence-corrected chi connectivity index (χ0v) is 12.9. The Hall–Kier alpha value is -2.36. The van der Waals surface area contributed by atoms with Gasteiger partial charge in [-0.15, -0.1) is 0 Å². The van der Waals surface area contributed by atoms with Crippen LogP contribution >= 0.6 is 0 Å². The first-order valence-corrected chi connectivity index (χ1v) is 7.24. The fourth-order valence-electron chi connectivity index (χ4n) is 2.31. The predicted molar refractivity (Wildman–Crippen MR) is 87.0 cm³/mol. The number of nitrogens with one attached hydrogen (secondary N) is 1. The van der Waals surface area contributed by atoms with Crippen LogP contribution in [-0.4, -0.2) is 12.5 Å². The largest absolute Gasteiger partial charge is 0.399 e. The van der Waals surface area contributed by atoms with E-state index in [9.17, 15) is 9.18 Å². The number of nitrogens with two attached hydrogens (primary N) is 1. The van der Waals surface area contributed by atoms with Crippen LogP contribution in [0.15, 0.2) is 48.5 Å². The Morgan fingerprint density at radius 1 is 1.14 bits per heavy atom. The SMILES string of the molecule is CC(C)(CNC(=O)Cc1ccc(N)cc1)c1ccccc1F. The van der Waals surface area contributed by atoms with Crippen molar-refractivity contribution in [1.82, 2.24) is 5.32 Å². The summed E-state index contributed by atoms with van der Waals surface area (Å²) in [6.07, 6.45) is 0.285. The fourth-order valence-corrected chi connectivity index (χ4v) is 2.31. The number of rotatable bonds is 5. The van der Waals surface area contributed by atoms with Crippen LogP contribution in [-0.2, 0) is 16.6 Å². The van der Waals surface area contributed by atoms with Gasteiger partial charge in [0.25, 0.3) is 0 Å². The molecule has 0 atom stereocenters. The van der Waals surface area contributed by atoms with Crippen molar-refractivity contribution < 1.29 is 9.18 Å². The maximum absolute atomic E-state index is 13.9. The summed E-state index contributed by atoms with van der Waals surface area (Å²) in [5.41, 5.74) is 7.32. The molecule has 22 heavy (non-hydrogen) atoms. The topological polar surface area (TPSA) is 55.1 Å². The lowest BCUT2D eigenvalue weighted by molar-refractivity contribution is -0.120. The van der Waals surface area contributed by atoms with E-state index in [-0.39, 0.29) is 18.1 Å². The molecule has 3 N–H and O–H groups in total. The average molecular weight is 300 g/mol. The molecule has 0 fully saturated rings. The van der Waals surface area contributed by atoms with Gasteiger partial charge in [-0.3, -0.25) is 4.79 Å². The molecule has 2 rings (SSSR count). The molecule has 0 aliphatic carbocycles. The minimum atomic E-state index is -0.470. The van der Waals surface area contributed by atoms with Gasteiger partial charge < -0.3 is 11.1 Å². The van der Waals surface area contributed by atoms with Gasteiger partial charge in [-0.1, -0.05) is 44.2 Å². The number of benzene rings is 2. The van der Waals surface area contributed by atoms with Crippen molar-refractivity contribution in [2.24, 2.45) is 0 Å². The van der Waals surface area contributed by atoms with Crippen molar-refractivity contribution in [3.63, 3.8) is 0 Å². The van der Waals surface area contributed by atoms with E-state index in [1.807, 2.05) is 26.0 Å². The molecule has 3 nitrogen and oxygen atoms in total. The molecule has 2 aromatic carbocycles. The summed E-state index contributed by atoms with van der Waals surface area (Å²) >= 11 is 0. The van der Waals surface area contributed by atoms with Crippen LogP contribution in [0.3, 0.4) is 0 Å². The van der Waals surface area contributed by atoms with Gasteiger partial charge in [0.05, 0.1) is 6.42 Å². The second-order valence-corrected chi connectivity index (χ2v) is 6.06. The maximum Gasteiger partial charge on any atom is 0.224 e. The van der Waals surface area contributed by atoms with Gasteiger partial charge in [-0.25, -0.2) is 4.39 Å². The Kier molecular flexibility index (Phi) is 4.81. The standard InChI is InChI=1S/C18H21FN2O/c1-18(2,15-5-3-4-6-16(15)19)12-21-17(22)11-13-7-9-14(20)10-8-13/h3-10H,11-12,20H2,1-2H3,(H,21,22). The van der Waals surface area contributed by atoms with E-state index in [4.69, 9.17) is 5.73 Å². The molecule has 0 aliphatic rings. The van der Waals surface area contributed by atoms with E-state index in [0.29, 0.717) is 17.8 Å². The molecule has 0 spiro atoms. The second-order valence-electron chi connectivity index (χ2n) is 6.06. The van der Waals surface area contributed by atoms with E-state index in [2.05, 4.69) is 5.32 Å². The highest BCUT2D eigenvalue weighted by Crippen LogP contribution is 2.24. The van der Waals surface area contributed by atoms with Crippen LogP contribution in [0.25, 0.3) is 0 Å². The lowest BCUT2D eigenvalue weighted by atomic mass is 9.84. The zero-order valence-electron chi connectivity index (χ0n) is 12.9. The lowest BCUT2D eigenvalue weighted by Gasteiger charge is -2.26. The highest BCUT2D eigenvalue weighted by Gasteiger charge is 2.24. The third-order valence-electron chi connectivity index (χ3n) is 3.67. The normalized spacial score (nSPS) is 11.2. The first-order chi connectivity index (χ1) is 10.4. The summed E-state index contributed by atoms with van der Waals surface area (Å²) in [5.74, 6) is -0.338. The molecule has 4 heteroatoms. The van der Waals surface area contributed by atoms with Crippen molar-refractivity contribution in [2.45, 2.75) is 25.7 Å². The second kappa shape index (κ2) is 6.60. The molecule has 0 radical (unpaired) electrons. The minimum Gasteiger partial charge on any atom is -0.399 e. The van der Waals surface area contributed by atoms with Crippen molar-refractivity contribution in [3.8, 4) is 0 Å². The van der Waals surface area contributed by atoms with Crippen molar-refractivity contribution >= 4 is 11.6 Å². The van der Waals surface area contributed by atoms with E-state index >= 15 is 0 Å². The van der Waals surface area contributed by atoms with Crippen LogP contribution in [0.2, 0.25) is 0 Å². The number of hydrogen-bond acceptors (Lipinski definition) is 2. The molecular formula is C18H21FN2O. The summed E-state index contributed by atoms with van der Waals surface area (Å²) in [4.78, 5) is 12.0. The van der Waals surface area contributed by atoms with E-state index < -0.39 is 5.41 Å². The zero-order chi connectivity index (χ0) is 16.2. The molecule has 0 saturated carbocycles. The van der Waals surface area contributed by atoms with Crippen molar-refractivity contribution in [2.75, 3.05) is 12.3 Å². The average Bonchev–Trinajstić information content (AvgIpc) is 2.48. The van der Waals surface area contributed by atoms with Gasteiger partial charge in [0.1, 0.15) is 5.82 Å². The van der Waals surface area contributed by atoms with Gasteiger partial charge in [-0.05, 0) is 29.3 Å². The van der Waals surface area contributed by atoms with Gasteiger partial charge in [0.15, 0.2) is 0 Å². The molecule has 2 aromatic rings. The smallest absolute Gasteiger partial charge is 0.224 e. The number of hydrogen-bond donors (Lipinski definition) is 2. The minimum absolute atomic E-state index is 0.0887. The quantitative estimate of drug-likeness (QED) is 0.834. The molecule has 0 heterocycles. The Labute approximate surface area is 130 Å². The number of halogens is 1. The molecular weight excluding hydrogens is 279 g/mol.